The molecule has 174 valence electrons. The molecule has 1 aromatic carbocycles. The van der Waals surface area contributed by atoms with E-state index in [0.29, 0.717) is 36.8 Å². The van der Waals surface area contributed by atoms with E-state index in [2.05, 4.69) is 20.4 Å². The van der Waals surface area contributed by atoms with Crippen molar-refractivity contribution in [2.75, 3.05) is 29.1 Å². The summed E-state index contributed by atoms with van der Waals surface area (Å²) in [5, 5.41) is 7.03. The lowest BCUT2D eigenvalue weighted by Gasteiger charge is -2.22. The molecule has 10 nitrogen and oxygen atoms in total. The molecule has 2 aliphatic heterocycles. The highest BCUT2D eigenvalue weighted by Crippen LogP contribution is 2.36. The van der Waals surface area contributed by atoms with Gasteiger partial charge < -0.3 is 10.2 Å². The number of carbonyl (C=O) groups is 3. The Morgan fingerprint density at radius 1 is 1.21 bits per heavy atom. The van der Waals surface area contributed by atoms with Crippen LogP contribution in [-0.2, 0) is 16.1 Å². The van der Waals surface area contributed by atoms with Crippen molar-refractivity contribution < 1.29 is 14.4 Å². The number of pyridine rings is 1. The summed E-state index contributed by atoms with van der Waals surface area (Å²) in [5.74, 6) is 0.228. The molecule has 0 radical (unpaired) electrons. The first-order valence-electron chi connectivity index (χ1n) is 10.9. The van der Waals surface area contributed by atoms with Gasteiger partial charge in [-0.2, -0.15) is 0 Å². The van der Waals surface area contributed by atoms with Gasteiger partial charge >= 0.3 is 0 Å². The molecule has 34 heavy (non-hydrogen) atoms. The van der Waals surface area contributed by atoms with E-state index in [1.54, 1.807) is 22.8 Å². The molecule has 0 unspecified atom stereocenters. The number of aromatic nitrogens is 4. The molecule has 0 saturated carbocycles. The number of likely N-dealkylation sites (N-methyl/N-ethyl adjacent to an activating group) is 1. The topological polar surface area (TPSA) is 113 Å². The number of fused-ring (bicyclic) bond motifs is 1. The maximum atomic E-state index is 13.1. The smallest absolute Gasteiger partial charge is 0.291 e. The van der Waals surface area contributed by atoms with Crippen molar-refractivity contribution in [3.63, 3.8) is 0 Å². The Kier molecular flexibility index (Phi) is 6.01. The Labute approximate surface area is 200 Å². The van der Waals surface area contributed by atoms with Crippen LogP contribution in [0.5, 0.6) is 0 Å². The van der Waals surface area contributed by atoms with Crippen LogP contribution in [0.25, 0.3) is 0 Å². The molecular weight excluding hydrogens is 454 g/mol. The average Bonchev–Trinajstić information content (AvgIpc) is 3.48. The van der Waals surface area contributed by atoms with Gasteiger partial charge in [-0.25, -0.2) is 14.6 Å². The summed E-state index contributed by atoms with van der Waals surface area (Å²) in [7, 11) is 1.65. The first-order chi connectivity index (χ1) is 16.5. The SMILES string of the molecule is CN1C(=O)[C@@H](NC(=O)c2ncn(Cc3ccccc3)n2)CSc2cc(N3CCCC3=O)ncc21. The van der Waals surface area contributed by atoms with Gasteiger partial charge in [-0.1, -0.05) is 30.3 Å². The van der Waals surface area contributed by atoms with E-state index in [9.17, 15) is 14.4 Å². The molecule has 5 rings (SSSR count). The minimum Gasteiger partial charge on any atom is -0.337 e. The van der Waals surface area contributed by atoms with E-state index in [4.69, 9.17) is 0 Å². The Morgan fingerprint density at radius 2 is 2.03 bits per heavy atom. The summed E-state index contributed by atoms with van der Waals surface area (Å²) in [6.07, 6.45) is 4.44. The lowest BCUT2D eigenvalue weighted by molar-refractivity contribution is -0.119. The van der Waals surface area contributed by atoms with Gasteiger partial charge in [0, 0.05) is 30.7 Å². The van der Waals surface area contributed by atoms with Gasteiger partial charge in [0.1, 0.15) is 18.2 Å². The molecule has 4 heterocycles. The molecule has 1 N–H and O–H groups in total. The molecule has 0 bridgehead atoms. The van der Waals surface area contributed by atoms with Gasteiger partial charge in [-0.05, 0) is 18.1 Å². The van der Waals surface area contributed by atoms with Crippen LogP contribution in [0.2, 0.25) is 0 Å². The van der Waals surface area contributed by atoms with Crippen LogP contribution < -0.4 is 15.1 Å². The fourth-order valence-electron chi connectivity index (χ4n) is 3.99. The minimum atomic E-state index is -0.757. The van der Waals surface area contributed by atoms with Crippen molar-refractivity contribution in [1.82, 2.24) is 25.1 Å². The first kappa shape index (κ1) is 22.1. The van der Waals surface area contributed by atoms with Crippen LogP contribution in [0.4, 0.5) is 11.5 Å². The summed E-state index contributed by atoms with van der Waals surface area (Å²) in [6.45, 7) is 1.14. The lowest BCUT2D eigenvalue weighted by Crippen LogP contribution is -2.48. The molecule has 1 atom stereocenters. The van der Waals surface area contributed by atoms with Crippen molar-refractivity contribution in [1.29, 1.82) is 0 Å². The van der Waals surface area contributed by atoms with Crippen LogP contribution in [0.15, 0.2) is 53.8 Å². The minimum absolute atomic E-state index is 0.00893. The second-order valence-corrected chi connectivity index (χ2v) is 9.21. The predicted molar refractivity (Wildman–Crippen MR) is 127 cm³/mol. The zero-order valence-electron chi connectivity index (χ0n) is 18.5. The summed E-state index contributed by atoms with van der Waals surface area (Å²) >= 11 is 1.44. The Hall–Kier alpha value is -3.73. The van der Waals surface area contributed by atoms with E-state index >= 15 is 0 Å². The predicted octanol–water partition coefficient (Wildman–Crippen LogP) is 1.72. The quantitative estimate of drug-likeness (QED) is 0.595. The van der Waals surface area contributed by atoms with Gasteiger partial charge in [-0.3, -0.25) is 19.3 Å². The number of rotatable bonds is 5. The summed E-state index contributed by atoms with van der Waals surface area (Å²) in [5.41, 5.74) is 1.69. The maximum Gasteiger partial charge on any atom is 0.291 e. The van der Waals surface area contributed by atoms with Crippen molar-refractivity contribution in [2.24, 2.45) is 0 Å². The Bertz CT molecular complexity index is 1250. The fraction of sp³-hybridized carbons (Fsp3) is 0.304. The monoisotopic (exact) mass is 477 g/mol. The van der Waals surface area contributed by atoms with E-state index in [0.717, 1.165) is 16.9 Å². The van der Waals surface area contributed by atoms with Crippen LogP contribution in [-0.4, -0.2) is 62.9 Å². The third-order valence-electron chi connectivity index (χ3n) is 5.81. The Morgan fingerprint density at radius 3 is 2.79 bits per heavy atom. The van der Waals surface area contributed by atoms with E-state index in [1.165, 1.54) is 23.0 Å². The molecule has 1 fully saturated rings. The molecule has 2 aliphatic rings. The van der Waals surface area contributed by atoms with Crippen LogP contribution in [0.3, 0.4) is 0 Å². The molecule has 11 heteroatoms. The molecule has 0 spiro atoms. The third kappa shape index (κ3) is 4.38. The molecular formula is C23H23N7O3S. The highest BCUT2D eigenvalue weighted by molar-refractivity contribution is 7.99. The molecule has 2 aromatic heterocycles. The van der Waals surface area contributed by atoms with Crippen molar-refractivity contribution in [2.45, 2.75) is 30.3 Å². The van der Waals surface area contributed by atoms with Gasteiger partial charge in [0.25, 0.3) is 5.91 Å². The van der Waals surface area contributed by atoms with Crippen LogP contribution >= 0.6 is 11.8 Å². The summed E-state index contributed by atoms with van der Waals surface area (Å²) in [6, 6.07) is 10.8. The number of hydrogen-bond donors (Lipinski definition) is 1. The molecule has 3 aromatic rings. The number of anilines is 2. The van der Waals surface area contributed by atoms with E-state index in [1.807, 2.05) is 36.4 Å². The summed E-state index contributed by atoms with van der Waals surface area (Å²) < 4.78 is 1.59. The number of amides is 3. The van der Waals surface area contributed by atoms with Crippen molar-refractivity contribution in [3.8, 4) is 0 Å². The van der Waals surface area contributed by atoms with Gasteiger partial charge in [0.05, 0.1) is 18.4 Å². The first-order valence-corrected chi connectivity index (χ1v) is 11.9. The second kappa shape index (κ2) is 9.26. The molecule has 3 amide bonds. The van der Waals surface area contributed by atoms with Gasteiger partial charge in [0.2, 0.25) is 17.6 Å². The fourth-order valence-corrected chi connectivity index (χ4v) is 5.09. The second-order valence-electron chi connectivity index (χ2n) is 8.14. The van der Waals surface area contributed by atoms with Crippen LogP contribution in [0, 0.1) is 0 Å². The number of thioether (sulfide) groups is 1. The van der Waals surface area contributed by atoms with Gasteiger partial charge in [0.15, 0.2) is 0 Å². The standard InChI is InChI=1S/C23H23N7O3S/c1-28-17-11-24-19(30-9-5-8-20(30)31)10-18(17)34-13-16(23(28)33)26-22(32)21-25-14-29(27-21)12-15-6-3-2-4-7-15/h2-4,6-7,10-11,14,16H,5,8-9,12-13H2,1H3,(H,26,32)/t16-/m0/s1. The lowest BCUT2D eigenvalue weighted by atomic mass is 10.2. The number of benzene rings is 1. The third-order valence-corrected chi connectivity index (χ3v) is 6.95. The molecule has 1 saturated heterocycles. The van der Waals surface area contributed by atoms with E-state index in [-0.39, 0.29) is 17.6 Å². The Balaban J connectivity index is 1.28. The maximum absolute atomic E-state index is 13.1. The zero-order valence-corrected chi connectivity index (χ0v) is 19.4. The number of carbonyl (C=O) groups excluding carboxylic acids is 3. The zero-order chi connectivity index (χ0) is 23.7. The average molecular weight is 478 g/mol. The number of nitrogens with zero attached hydrogens (tertiary/aromatic N) is 6. The van der Waals surface area contributed by atoms with Gasteiger partial charge in [-0.15, -0.1) is 16.9 Å². The van der Waals surface area contributed by atoms with Crippen molar-refractivity contribution >= 4 is 41.0 Å². The highest BCUT2D eigenvalue weighted by atomic mass is 32.2. The van der Waals surface area contributed by atoms with Crippen molar-refractivity contribution in [3.05, 3.63) is 60.3 Å². The summed E-state index contributed by atoms with van der Waals surface area (Å²) in [4.78, 5) is 50.5. The molecule has 0 aliphatic carbocycles. The highest BCUT2D eigenvalue weighted by Gasteiger charge is 2.32. The number of nitrogens with one attached hydrogen (secondary N) is 1. The normalized spacial score (nSPS) is 18.1. The van der Waals surface area contributed by atoms with Crippen LogP contribution in [0.1, 0.15) is 29.0 Å². The van der Waals surface area contributed by atoms with E-state index < -0.39 is 11.9 Å². The number of hydrogen-bond acceptors (Lipinski definition) is 7. The largest absolute Gasteiger partial charge is 0.337 e.